The van der Waals surface area contributed by atoms with E-state index in [1.165, 1.54) is 11.3 Å². The van der Waals surface area contributed by atoms with Crippen molar-refractivity contribution < 1.29 is 4.79 Å². The van der Waals surface area contributed by atoms with E-state index in [2.05, 4.69) is 41.4 Å². The number of piperazine rings is 1. The molecule has 2 amide bonds. The van der Waals surface area contributed by atoms with E-state index in [1.54, 1.807) is 23.1 Å². The fraction of sp³-hybridized carbons (Fsp3) is 0.278. The largest absolute Gasteiger partial charge is 0.368 e. The molecular formula is C18H19Cl2N3O. The molecule has 0 atom stereocenters. The molecule has 1 aliphatic rings. The zero-order valence-electron chi connectivity index (χ0n) is 13.4. The molecule has 1 aliphatic heterocycles. The lowest BCUT2D eigenvalue weighted by Gasteiger charge is -2.36. The van der Waals surface area contributed by atoms with Gasteiger partial charge in [0.25, 0.3) is 0 Å². The van der Waals surface area contributed by atoms with E-state index in [-0.39, 0.29) is 6.03 Å². The molecular weight excluding hydrogens is 345 g/mol. The van der Waals surface area contributed by atoms with Crippen molar-refractivity contribution in [1.29, 1.82) is 0 Å². The van der Waals surface area contributed by atoms with Gasteiger partial charge in [0.05, 0.1) is 10.7 Å². The highest BCUT2D eigenvalue weighted by Gasteiger charge is 2.21. The van der Waals surface area contributed by atoms with Gasteiger partial charge in [-0.25, -0.2) is 4.79 Å². The Morgan fingerprint density at radius 1 is 1.04 bits per heavy atom. The number of carbonyl (C=O) groups excluding carboxylic acids is 1. The van der Waals surface area contributed by atoms with Crippen LogP contribution in [0, 0.1) is 6.92 Å². The van der Waals surface area contributed by atoms with E-state index >= 15 is 0 Å². The maximum atomic E-state index is 12.4. The number of halogens is 2. The van der Waals surface area contributed by atoms with Crippen LogP contribution >= 0.6 is 23.2 Å². The van der Waals surface area contributed by atoms with Gasteiger partial charge < -0.3 is 15.1 Å². The van der Waals surface area contributed by atoms with Crippen LogP contribution in [0.4, 0.5) is 16.2 Å². The lowest BCUT2D eigenvalue weighted by Crippen LogP contribution is -2.50. The lowest BCUT2D eigenvalue weighted by atomic mass is 10.2. The molecule has 1 N–H and O–H groups in total. The molecule has 0 radical (unpaired) electrons. The van der Waals surface area contributed by atoms with Gasteiger partial charge in [0.1, 0.15) is 0 Å². The molecule has 0 saturated carbocycles. The Kier molecular flexibility index (Phi) is 5.17. The zero-order chi connectivity index (χ0) is 17.1. The fourth-order valence-corrected chi connectivity index (χ4v) is 3.23. The number of nitrogens with zero attached hydrogens (tertiary/aromatic N) is 2. The minimum absolute atomic E-state index is 0.136. The Morgan fingerprint density at radius 2 is 1.79 bits per heavy atom. The van der Waals surface area contributed by atoms with Crippen molar-refractivity contribution in [2.45, 2.75) is 6.92 Å². The Labute approximate surface area is 152 Å². The van der Waals surface area contributed by atoms with Crippen LogP contribution in [-0.2, 0) is 0 Å². The molecule has 0 bridgehead atoms. The highest BCUT2D eigenvalue weighted by atomic mass is 35.5. The average molecular weight is 364 g/mol. The summed E-state index contributed by atoms with van der Waals surface area (Å²) in [6.45, 7) is 5.05. The molecule has 0 aromatic heterocycles. The van der Waals surface area contributed by atoms with Crippen molar-refractivity contribution in [3.05, 3.63) is 58.1 Å². The first kappa shape index (κ1) is 16.9. The zero-order valence-corrected chi connectivity index (χ0v) is 14.9. The molecule has 2 aromatic rings. The van der Waals surface area contributed by atoms with E-state index in [4.69, 9.17) is 23.2 Å². The predicted octanol–water partition coefficient (Wildman–Crippen LogP) is 4.66. The number of rotatable bonds is 2. The van der Waals surface area contributed by atoms with Crippen LogP contribution in [0.25, 0.3) is 0 Å². The van der Waals surface area contributed by atoms with Crippen LogP contribution < -0.4 is 10.2 Å². The highest BCUT2D eigenvalue weighted by Crippen LogP contribution is 2.26. The Bertz CT molecular complexity index is 743. The second kappa shape index (κ2) is 7.32. The standard InChI is InChI=1S/C18H19Cl2N3O/c1-13-3-2-4-15(11-13)22-7-9-23(10-8-22)18(24)21-17-6-5-14(19)12-16(17)20/h2-6,11-12H,7-10H2,1H3,(H,21,24). The van der Waals surface area contributed by atoms with Crippen molar-refractivity contribution in [1.82, 2.24) is 4.90 Å². The van der Waals surface area contributed by atoms with E-state index in [0.717, 1.165) is 13.1 Å². The quantitative estimate of drug-likeness (QED) is 0.842. The van der Waals surface area contributed by atoms with E-state index < -0.39 is 0 Å². The number of hydrogen-bond donors (Lipinski definition) is 1. The van der Waals surface area contributed by atoms with E-state index in [1.807, 2.05) is 0 Å². The summed E-state index contributed by atoms with van der Waals surface area (Å²) in [5.41, 5.74) is 3.02. The summed E-state index contributed by atoms with van der Waals surface area (Å²) in [6, 6.07) is 13.3. The lowest BCUT2D eigenvalue weighted by molar-refractivity contribution is 0.208. The molecule has 1 saturated heterocycles. The van der Waals surface area contributed by atoms with Gasteiger partial charge in [0, 0.05) is 36.9 Å². The first-order valence-corrected chi connectivity index (χ1v) is 8.61. The summed E-state index contributed by atoms with van der Waals surface area (Å²) >= 11 is 12.0. The van der Waals surface area contributed by atoms with Crippen molar-refractivity contribution in [3.63, 3.8) is 0 Å². The molecule has 1 heterocycles. The Hall–Kier alpha value is -1.91. The van der Waals surface area contributed by atoms with E-state index in [9.17, 15) is 4.79 Å². The number of carbonyl (C=O) groups is 1. The smallest absolute Gasteiger partial charge is 0.322 e. The van der Waals surface area contributed by atoms with Crippen LogP contribution in [0.1, 0.15) is 5.56 Å². The normalized spacial score (nSPS) is 14.6. The topological polar surface area (TPSA) is 35.6 Å². The first-order chi connectivity index (χ1) is 11.5. The molecule has 3 rings (SSSR count). The van der Waals surface area contributed by atoms with Crippen LogP contribution in [0.15, 0.2) is 42.5 Å². The number of aryl methyl sites for hydroxylation is 1. The minimum atomic E-state index is -0.136. The Balaban J connectivity index is 1.59. The summed E-state index contributed by atoms with van der Waals surface area (Å²) < 4.78 is 0. The number of anilines is 2. The molecule has 4 nitrogen and oxygen atoms in total. The van der Waals surface area contributed by atoms with Gasteiger partial charge in [-0.3, -0.25) is 0 Å². The monoisotopic (exact) mass is 363 g/mol. The van der Waals surface area contributed by atoms with Gasteiger partial charge in [-0.1, -0.05) is 35.3 Å². The Morgan fingerprint density at radius 3 is 2.46 bits per heavy atom. The second-order valence-corrected chi connectivity index (χ2v) is 6.71. The van der Waals surface area contributed by atoms with Gasteiger partial charge in [-0.15, -0.1) is 0 Å². The van der Waals surface area contributed by atoms with E-state index in [0.29, 0.717) is 28.8 Å². The molecule has 126 valence electrons. The number of nitrogens with one attached hydrogen (secondary N) is 1. The maximum absolute atomic E-state index is 12.4. The molecule has 6 heteroatoms. The highest BCUT2D eigenvalue weighted by molar-refractivity contribution is 6.36. The number of benzene rings is 2. The van der Waals surface area contributed by atoms with Crippen LogP contribution in [0.3, 0.4) is 0 Å². The first-order valence-electron chi connectivity index (χ1n) is 7.85. The van der Waals surface area contributed by atoms with Crippen molar-refractivity contribution in [3.8, 4) is 0 Å². The number of urea groups is 1. The third-order valence-corrected chi connectivity index (χ3v) is 4.65. The molecule has 2 aromatic carbocycles. The predicted molar refractivity (Wildman–Crippen MR) is 100 cm³/mol. The van der Waals surface area contributed by atoms with Gasteiger partial charge in [0.2, 0.25) is 0 Å². The third-order valence-electron chi connectivity index (χ3n) is 4.11. The molecule has 0 aliphatic carbocycles. The SMILES string of the molecule is Cc1cccc(N2CCN(C(=O)Nc3ccc(Cl)cc3Cl)CC2)c1. The summed E-state index contributed by atoms with van der Waals surface area (Å²) in [6.07, 6.45) is 0. The maximum Gasteiger partial charge on any atom is 0.322 e. The van der Waals surface area contributed by atoms with Crippen molar-refractivity contribution in [2.24, 2.45) is 0 Å². The van der Waals surface area contributed by atoms with Crippen LogP contribution in [-0.4, -0.2) is 37.1 Å². The average Bonchev–Trinajstić information content (AvgIpc) is 2.57. The number of hydrogen-bond acceptors (Lipinski definition) is 2. The minimum Gasteiger partial charge on any atom is -0.368 e. The molecule has 0 unspecified atom stereocenters. The van der Waals surface area contributed by atoms with Crippen LogP contribution in [0.2, 0.25) is 10.0 Å². The van der Waals surface area contributed by atoms with Gasteiger partial charge >= 0.3 is 6.03 Å². The summed E-state index contributed by atoms with van der Waals surface area (Å²) in [5, 5.41) is 3.83. The third kappa shape index (κ3) is 3.94. The van der Waals surface area contributed by atoms with Crippen molar-refractivity contribution >= 4 is 40.6 Å². The summed E-state index contributed by atoms with van der Waals surface area (Å²) in [5.74, 6) is 0. The fourth-order valence-electron chi connectivity index (χ4n) is 2.78. The van der Waals surface area contributed by atoms with Gasteiger partial charge in [-0.2, -0.15) is 0 Å². The number of amides is 2. The van der Waals surface area contributed by atoms with Crippen LogP contribution in [0.5, 0.6) is 0 Å². The second-order valence-electron chi connectivity index (χ2n) is 5.87. The van der Waals surface area contributed by atoms with Crippen molar-refractivity contribution in [2.75, 3.05) is 36.4 Å². The summed E-state index contributed by atoms with van der Waals surface area (Å²) in [7, 11) is 0. The van der Waals surface area contributed by atoms with Gasteiger partial charge in [0.15, 0.2) is 0 Å². The molecule has 24 heavy (non-hydrogen) atoms. The van der Waals surface area contributed by atoms with Gasteiger partial charge in [-0.05, 0) is 42.8 Å². The summed E-state index contributed by atoms with van der Waals surface area (Å²) in [4.78, 5) is 16.5. The molecule has 1 fully saturated rings. The molecule has 0 spiro atoms.